The summed E-state index contributed by atoms with van der Waals surface area (Å²) >= 11 is 0. The standard InChI is InChI=1S/C16H16FN3O/c1-9-6-7-11(16(18)19)13(8-9)20-10(2)15-12(17)4-3-5-14(15)21/h3-8,21H,2,18-19H2,1H3/b20-13-. The van der Waals surface area contributed by atoms with E-state index < -0.39 is 5.82 Å². The lowest BCUT2D eigenvalue weighted by Gasteiger charge is -2.12. The van der Waals surface area contributed by atoms with Crippen molar-refractivity contribution in [2.24, 2.45) is 16.5 Å². The van der Waals surface area contributed by atoms with Crippen molar-refractivity contribution in [3.8, 4) is 5.75 Å². The molecule has 1 aromatic carbocycles. The lowest BCUT2D eigenvalue weighted by Crippen LogP contribution is -2.17. The van der Waals surface area contributed by atoms with Crippen molar-refractivity contribution < 1.29 is 9.50 Å². The van der Waals surface area contributed by atoms with E-state index in [-0.39, 0.29) is 22.8 Å². The third-order valence-electron chi connectivity index (χ3n) is 3.00. The van der Waals surface area contributed by atoms with Crippen molar-refractivity contribution >= 4 is 11.4 Å². The van der Waals surface area contributed by atoms with Crippen molar-refractivity contribution in [2.45, 2.75) is 6.92 Å². The van der Waals surface area contributed by atoms with Crippen LogP contribution in [0.5, 0.6) is 5.75 Å². The number of aromatic hydroxyl groups is 1. The Morgan fingerprint density at radius 1 is 1.29 bits per heavy atom. The topological polar surface area (TPSA) is 84.6 Å². The molecule has 108 valence electrons. The molecule has 0 aromatic heterocycles. The zero-order valence-electron chi connectivity index (χ0n) is 11.6. The molecule has 4 nitrogen and oxygen atoms in total. The van der Waals surface area contributed by atoms with Gasteiger partial charge in [0.15, 0.2) is 0 Å². The highest BCUT2D eigenvalue weighted by molar-refractivity contribution is 6.14. The highest BCUT2D eigenvalue weighted by Gasteiger charge is 2.14. The molecule has 0 aliphatic heterocycles. The molecule has 5 N–H and O–H groups in total. The molecule has 0 heterocycles. The van der Waals surface area contributed by atoms with Crippen LogP contribution in [0.3, 0.4) is 0 Å². The van der Waals surface area contributed by atoms with E-state index in [2.05, 4.69) is 11.6 Å². The van der Waals surface area contributed by atoms with Gasteiger partial charge in [-0.05, 0) is 36.8 Å². The van der Waals surface area contributed by atoms with E-state index in [0.29, 0.717) is 11.3 Å². The summed E-state index contributed by atoms with van der Waals surface area (Å²) in [7, 11) is 0. The number of phenols is 1. The average molecular weight is 285 g/mol. The first kappa shape index (κ1) is 14.6. The second kappa shape index (κ2) is 5.66. The van der Waals surface area contributed by atoms with Gasteiger partial charge in [-0.3, -0.25) is 0 Å². The number of phenolic OH excluding ortho intramolecular Hbond substituents is 1. The van der Waals surface area contributed by atoms with Gasteiger partial charge in [0.2, 0.25) is 0 Å². The van der Waals surface area contributed by atoms with E-state index >= 15 is 0 Å². The van der Waals surface area contributed by atoms with Gasteiger partial charge in [-0.25, -0.2) is 9.38 Å². The van der Waals surface area contributed by atoms with Gasteiger partial charge >= 0.3 is 0 Å². The van der Waals surface area contributed by atoms with Gasteiger partial charge in [0.1, 0.15) is 17.4 Å². The molecular formula is C16H16FN3O. The van der Waals surface area contributed by atoms with Gasteiger partial charge in [-0.1, -0.05) is 18.7 Å². The number of benzene rings is 1. The summed E-state index contributed by atoms with van der Waals surface area (Å²) < 4.78 is 13.8. The fourth-order valence-corrected chi connectivity index (χ4v) is 1.98. The van der Waals surface area contributed by atoms with E-state index in [1.807, 2.05) is 13.0 Å². The molecule has 5 heteroatoms. The number of halogens is 1. The molecule has 0 bridgehead atoms. The minimum Gasteiger partial charge on any atom is -0.507 e. The number of hydrogen-bond donors (Lipinski definition) is 3. The van der Waals surface area contributed by atoms with Crippen molar-refractivity contribution in [3.63, 3.8) is 0 Å². The second-order valence-electron chi connectivity index (χ2n) is 4.67. The largest absolute Gasteiger partial charge is 0.507 e. The van der Waals surface area contributed by atoms with Gasteiger partial charge in [-0.15, -0.1) is 0 Å². The van der Waals surface area contributed by atoms with Gasteiger partial charge in [-0.2, -0.15) is 0 Å². The summed E-state index contributed by atoms with van der Waals surface area (Å²) in [6.07, 6.45) is 5.34. The number of hydrogen-bond acceptors (Lipinski definition) is 4. The number of aliphatic imine (C=N–C) groups is 1. The molecular weight excluding hydrogens is 269 g/mol. The molecule has 1 aliphatic carbocycles. The van der Waals surface area contributed by atoms with Crippen LogP contribution in [0.1, 0.15) is 12.5 Å². The summed E-state index contributed by atoms with van der Waals surface area (Å²) in [5.74, 6) is -0.704. The lowest BCUT2D eigenvalue weighted by atomic mass is 10.0. The number of nitrogens with two attached hydrogens (primary N) is 2. The Kier molecular flexibility index (Phi) is 3.93. The van der Waals surface area contributed by atoms with Crippen molar-refractivity contribution in [3.05, 3.63) is 71.4 Å². The molecule has 1 aromatic rings. The van der Waals surface area contributed by atoms with Gasteiger partial charge in [0.25, 0.3) is 0 Å². The first-order valence-electron chi connectivity index (χ1n) is 6.27. The maximum Gasteiger partial charge on any atom is 0.136 e. The predicted octanol–water partition coefficient (Wildman–Crippen LogP) is 2.59. The molecule has 21 heavy (non-hydrogen) atoms. The Morgan fingerprint density at radius 3 is 2.62 bits per heavy atom. The average Bonchev–Trinajstić information content (AvgIpc) is 2.38. The van der Waals surface area contributed by atoms with Crippen molar-refractivity contribution in [1.29, 1.82) is 0 Å². The van der Waals surface area contributed by atoms with Gasteiger partial charge in [0, 0.05) is 5.57 Å². The summed E-state index contributed by atoms with van der Waals surface area (Å²) in [4.78, 5) is 4.26. The fourth-order valence-electron chi connectivity index (χ4n) is 1.98. The second-order valence-corrected chi connectivity index (χ2v) is 4.67. The third kappa shape index (κ3) is 3.02. The lowest BCUT2D eigenvalue weighted by molar-refractivity contribution is 0.466. The zero-order valence-corrected chi connectivity index (χ0v) is 11.6. The van der Waals surface area contributed by atoms with Crippen LogP contribution in [0.2, 0.25) is 0 Å². The normalized spacial score (nSPS) is 16.0. The molecule has 0 radical (unpaired) electrons. The molecule has 0 unspecified atom stereocenters. The van der Waals surface area contributed by atoms with Crippen LogP contribution in [0.25, 0.3) is 5.70 Å². The zero-order chi connectivity index (χ0) is 15.6. The molecule has 0 spiro atoms. The Balaban J connectivity index is 2.50. The van der Waals surface area contributed by atoms with E-state index in [1.54, 1.807) is 12.2 Å². The number of allylic oxidation sites excluding steroid dienone is 5. The Labute approximate surface area is 122 Å². The number of nitrogens with zero attached hydrogens (tertiary/aromatic N) is 1. The predicted molar refractivity (Wildman–Crippen MR) is 82.8 cm³/mol. The third-order valence-corrected chi connectivity index (χ3v) is 3.00. The fraction of sp³-hybridized carbons (Fsp3) is 0.0625. The monoisotopic (exact) mass is 285 g/mol. The smallest absolute Gasteiger partial charge is 0.136 e. The highest BCUT2D eigenvalue weighted by atomic mass is 19.1. The van der Waals surface area contributed by atoms with Crippen molar-refractivity contribution in [1.82, 2.24) is 0 Å². The van der Waals surface area contributed by atoms with Crippen LogP contribution in [-0.4, -0.2) is 10.8 Å². The van der Waals surface area contributed by atoms with Crippen LogP contribution < -0.4 is 11.5 Å². The highest BCUT2D eigenvalue weighted by Crippen LogP contribution is 2.28. The van der Waals surface area contributed by atoms with E-state index in [9.17, 15) is 9.50 Å². The van der Waals surface area contributed by atoms with Crippen LogP contribution in [-0.2, 0) is 0 Å². The first-order valence-corrected chi connectivity index (χ1v) is 6.27. The minimum absolute atomic E-state index is 0.0412. The molecule has 1 aliphatic rings. The van der Waals surface area contributed by atoms with E-state index in [4.69, 9.17) is 11.5 Å². The molecule has 0 saturated carbocycles. The van der Waals surface area contributed by atoms with E-state index in [1.165, 1.54) is 18.2 Å². The summed E-state index contributed by atoms with van der Waals surface area (Å²) in [6, 6.07) is 4.02. The summed E-state index contributed by atoms with van der Waals surface area (Å²) in [5.41, 5.74) is 13.3. The van der Waals surface area contributed by atoms with Gasteiger partial charge < -0.3 is 16.6 Å². The summed E-state index contributed by atoms with van der Waals surface area (Å²) in [6.45, 7) is 5.60. The first-order chi connectivity index (χ1) is 9.90. The summed E-state index contributed by atoms with van der Waals surface area (Å²) in [5, 5.41) is 9.76. The van der Waals surface area contributed by atoms with Crippen LogP contribution in [0.15, 0.2) is 65.0 Å². The molecule has 0 fully saturated rings. The minimum atomic E-state index is -0.595. The Hall–Kier alpha value is -2.82. The molecule has 2 rings (SSSR count). The maximum absolute atomic E-state index is 13.8. The van der Waals surface area contributed by atoms with Crippen molar-refractivity contribution in [2.75, 3.05) is 0 Å². The van der Waals surface area contributed by atoms with Crippen LogP contribution in [0.4, 0.5) is 4.39 Å². The van der Waals surface area contributed by atoms with Crippen LogP contribution >= 0.6 is 0 Å². The Bertz CT molecular complexity index is 703. The van der Waals surface area contributed by atoms with Gasteiger partial charge in [0.05, 0.1) is 17.0 Å². The van der Waals surface area contributed by atoms with Crippen LogP contribution in [0, 0.1) is 5.82 Å². The SMILES string of the molecule is C=C(/N=C1/C=C(C)C=CC1=C(N)N)c1c(O)cccc1F. The molecule has 0 atom stereocenters. The van der Waals surface area contributed by atoms with E-state index in [0.717, 1.165) is 5.57 Å². The Morgan fingerprint density at radius 2 is 2.00 bits per heavy atom. The maximum atomic E-state index is 13.8. The molecule has 0 amide bonds. The molecule has 0 saturated heterocycles. The quantitative estimate of drug-likeness (QED) is 0.780. The number of rotatable bonds is 2.